The van der Waals surface area contributed by atoms with Gasteiger partial charge in [-0.15, -0.1) is 0 Å². The van der Waals surface area contributed by atoms with E-state index in [1.165, 1.54) is 0 Å². The molecule has 148 valence electrons. The minimum Gasteiger partial charge on any atom is -0.291 e. The summed E-state index contributed by atoms with van der Waals surface area (Å²) in [4.78, 5) is 23.3. The lowest BCUT2D eigenvalue weighted by Gasteiger charge is -2.44. The maximum absolute atomic E-state index is 12.0. The summed E-state index contributed by atoms with van der Waals surface area (Å²) < 4.78 is 0. The second kappa shape index (κ2) is 7.31. The first-order valence-corrected chi connectivity index (χ1v) is 9.29. The first kappa shape index (κ1) is 19.9. The highest BCUT2D eigenvalue weighted by Gasteiger charge is 2.62. The molecule has 1 aliphatic heterocycles. The normalized spacial score (nSPS) is 26.6. The van der Waals surface area contributed by atoms with Gasteiger partial charge in [0.05, 0.1) is 0 Å². The van der Waals surface area contributed by atoms with Gasteiger partial charge in [-0.05, 0) is 38.8 Å². The Kier molecular flexibility index (Phi) is 5.21. The van der Waals surface area contributed by atoms with Crippen LogP contribution < -0.4 is 5.32 Å². The van der Waals surface area contributed by atoms with E-state index in [0.29, 0.717) is 0 Å². The van der Waals surface area contributed by atoms with Crippen molar-refractivity contribution in [3.05, 3.63) is 91.0 Å². The Morgan fingerprint density at radius 2 is 1.07 bits per heavy atom. The average molecular weight is 383 g/mol. The Hall–Kier alpha value is -2.80. The first-order chi connectivity index (χ1) is 13.1. The first-order valence-electron chi connectivity index (χ1n) is 9.29. The van der Waals surface area contributed by atoms with Crippen LogP contribution in [0.4, 0.5) is 0 Å². The van der Waals surface area contributed by atoms with Gasteiger partial charge in [-0.1, -0.05) is 59.7 Å². The van der Waals surface area contributed by atoms with Gasteiger partial charge in [-0.3, -0.25) is 25.5 Å². The molecule has 4 atom stereocenters. The molecule has 0 unspecified atom stereocenters. The molecule has 0 saturated carbocycles. The maximum Gasteiger partial charge on any atom is 0.243 e. The number of nitrogens with one attached hydrogen (secondary N) is 1. The Labute approximate surface area is 164 Å². The number of hydrogen-bond donors (Lipinski definition) is 1. The highest BCUT2D eigenvalue weighted by Crippen LogP contribution is 2.46. The predicted molar refractivity (Wildman–Crippen MR) is 106 cm³/mol. The molecule has 0 aromatic heterocycles. The molecule has 1 fully saturated rings. The molecule has 1 N–H and O–H groups in total. The fourth-order valence-corrected chi connectivity index (χ4v) is 4.30. The smallest absolute Gasteiger partial charge is 0.243 e. The van der Waals surface area contributed by atoms with Crippen molar-refractivity contribution in [2.75, 3.05) is 0 Å². The van der Waals surface area contributed by atoms with E-state index in [0.717, 1.165) is 22.3 Å². The summed E-state index contributed by atoms with van der Waals surface area (Å²) >= 11 is 0. The van der Waals surface area contributed by atoms with E-state index < -0.39 is 29.6 Å². The van der Waals surface area contributed by atoms with Crippen LogP contribution >= 0.6 is 0 Å². The third kappa shape index (κ3) is 3.49. The van der Waals surface area contributed by atoms with Crippen LogP contribution in [0, 0.1) is 39.5 Å². The Morgan fingerprint density at radius 3 is 1.36 bits per heavy atom. The molecule has 7 heteroatoms. The molecule has 0 aliphatic carbocycles. The lowest BCUT2D eigenvalue weighted by molar-refractivity contribution is -0.605. The molecule has 1 heterocycles. The number of benzene rings is 2. The molecule has 0 radical (unpaired) electrons. The minimum absolute atomic E-state index is 0.376. The molecule has 28 heavy (non-hydrogen) atoms. The van der Waals surface area contributed by atoms with Crippen molar-refractivity contribution in [3.8, 4) is 0 Å². The largest absolute Gasteiger partial charge is 0.291 e. The molecule has 1 saturated heterocycles. The van der Waals surface area contributed by atoms with Gasteiger partial charge in [0.15, 0.2) is 0 Å². The van der Waals surface area contributed by atoms with Gasteiger partial charge in [-0.2, -0.15) is 0 Å². The number of nitrogens with zero attached hydrogens (tertiary/aromatic N) is 2. The Morgan fingerprint density at radius 1 is 0.750 bits per heavy atom. The monoisotopic (exact) mass is 383 g/mol. The van der Waals surface area contributed by atoms with E-state index in [1.807, 2.05) is 62.4 Å². The highest BCUT2D eigenvalue weighted by atomic mass is 16.6. The molecule has 3 rings (SSSR count). The topological polar surface area (TPSA) is 98.3 Å². The van der Waals surface area contributed by atoms with Crippen LogP contribution in [0.3, 0.4) is 0 Å². The number of piperidine rings is 1. The van der Waals surface area contributed by atoms with Gasteiger partial charge < -0.3 is 0 Å². The standard InChI is InChI=1S/C21H25N3O4/c1-13-5-9-15(10-6-13)17-19(23(25)26)21(3,4)20(24(27)28)18(22-17)16-11-7-14(2)8-12-16/h5-12,17-20,22H,1-4H3/t17-,18+,19-,20+. The van der Waals surface area contributed by atoms with Crippen molar-refractivity contribution in [3.63, 3.8) is 0 Å². The summed E-state index contributed by atoms with van der Waals surface area (Å²) in [5.74, 6) is 0. The summed E-state index contributed by atoms with van der Waals surface area (Å²) in [5.41, 5.74) is 2.46. The van der Waals surface area contributed by atoms with Gasteiger partial charge >= 0.3 is 0 Å². The minimum atomic E-state index is -1.16. The molecule has 2 aromatic carbocycles. The van der Waals surface area contributed by atoms with Crippen molar-refractivity contribution in [1.29, 1.82) is 0 Å². The molecule has 2 aromatic rings. The number of aryl methyl sites for hydroxylation is 2. The fourth-order valence-electron chi connectivity index (χ4n) is 4.30. The van der Waals surface area contributed by atoms with E-state index in [4.69, 9.17) is 0 Å². The molecular weight excluding hydrogens is 358 g/mol. The SMILES string of the molecule is Cc1ccc([C@H]2N[C@@H](c3ccc(C)cc3)[C@H]([N+](=O)[O-])C(C)(C)[C@@H]2[N+](=O)[O-])cc1. The molecule has 0 amide bonds. The van der Waals surface area contributed by atoms with Crippen LogP contribution in [0.1, 0.15) is 48.2 Å². The van der Waals surface area contributed by atoms with Crippen LogP contribution in [-0.4, -0.2) is 21.9 Å². The van der Waals surface area contributed by atoms with E-state index in [1.54, 1.807) is 13.8 Å². The summed E-state index contributed by atoms with van der Waals surface area (Å²) in [5, 5.41) is 27.3. The van der Waals surface area contributed by atoms with Gasteiger partial charge in [0.2, 0.25) is 12.1 Å². The quantitative estimate of drug-likeness (QED) is 0.635. The van der Waals surface area contributed by atoms with Crippen LogP contribution in [0.15, 0.2) is 48.5 Å². The zero-order chi connectivity index (χ0) is 20.6. The second-order valence-corrected chi connectivity index (χ2v) is 8.23. The van der Waals surface area contributed by atoms with Gasteiger partial charge in [-0.25, -0.2) is 0 Å². The maximum atomic E-state index is 12.0. The van der Waals surface area contributed by atoms with Crippen molar-refractivity contribution < 1.29 is 9.85 Å². The lowest BCUT2D eigenvalue weighted by atomic mass is 9.66. The molecular formula is C21H25N3O4. The Bertz CT molecular complexity index is 806. The van der Waals surface area contributed by atoms with Gasteiger partial charge in [0.1, 0.15) is 17.5 Å². The van der Waals surface area contributed by atoms with Crippen molar-refractivity contribution >= 4 is 0 Å². The van der Waals surface area contributed by atoms with Crippen LogP contribution in [0.25, 0.3) is 0 Å². The fraction of sp³-hybridized carbons (Fsp3) is 0.429. The number of nitro groups is 2. The predicted octanol–water partition coefficient (Wildman–Crippen LogP) is 4.01. The molecule has 0 bridgehead atoms. The van der Waals surface area contributed by atoms with Crippen molar-refractivity contribution in [1.82, 2.24) is 5.32 Å². The molecule has 7 nitrogen and oxygen atoms in total. The van der Waals surface area contributed by atoms with Crippen molar-refractivity contribution in [2.24, 2.45) is 5.41 Å². The van der Waals surface area contributed by atoms with Gasteiger partial charge in [0, 0.05) is 9.85 Å². The number of rotatable bonds is 4. The zero-order valence-corrected chi connectivity index (χ0v) is 16.5. The summed E-state index contributed by atoms with van der Waals surface area (Å²) in [6, 6.07) is 11.5. The van der Waals surface area contributed by atoms with E-state index in [9.17, 15) is 20.2 Å². The van der Waals surface area contributed by atoms with Gasteiger partial charge in [0.25, 0.3) is 0 Å². The zero-order valence-electron chi connectivity index (χ0n) is 16.5. The number of hydrogen-bond acceptors (Lipinski definition) is 5. The third-order valence-electron chi connectivity index (χ3n) is 5.84. The van der Waals surface area contributed by atoms with E-state index in [2.05, 4.69) is 5.32 Å². The second-order valence-electron chi connectivity index (χ2n) is 8.23. The lowest BCUT2D eigenvalue weighted by Crippen LogP contribution is -2.63. The Balaban J connectivity index is 2.14. The average Bonchev–Trinajstić information content (AvgIpc) is 2.60. The highest BCUT2D eigenvalue weighted by molar-refractivity contribution is 5.31. The van der Waals surface area contributed by atoms with Crippen LogP contribution in [-0.2, 0) is 0 Å². The summed E-state index contributed by atoms with van der Waals surface area (Å²) in [6.45, 7) is 7.17. The van der Waals surface area contributed by atoms with Crippen LogP contribution in [0.5, 0.6) is 0 Å². The molecule has 1 aliphatic rings. The van der Waals surface area contributed by atoms with E-state index in [-0.39, 0.29) is 9.85 Å². The summed E-state index contributed by atoms with van der Waals surface area (Å²) in [6.07, 6.45) is 0. The summed E-state index contributed by atoms with van der Waals surface area (Å²) in [7, 11) is 0. The van der Waals surface area contributed by atoms with Crippen LogP contribution in [0.2, 0.25) is 0 Å². The van der Waals surface area contributed by atoms with E-state index >= 15 is 0 Å². The van der Waals surface area contributed by atoms with Crippen molar-refractivity contribution in [2.45, 2.75) is 51.9 Å². The molecule has 0 spiro atoms. The third-order valence-corrected chi connectivity index (χ3v) is 5.84.